The van der Waals surface area contributed by atoms with E-state index in [9.17, 15) is 4.79 Å². The maximum absolute atomic E-state index is 11.8. The monoisotopic (exact) mass is 502 g/mol. The maximum atomic E-state index is 11.8. The van der Waals surface area contributed by atoms with Gasteiger partial charge < -0.3 is 20.3 Å². The number of halogens is 1. The van der Waals surface area contributed by atoms with Gasteiger partial charge in [0.2, 0.25) is 5.91 Å². The number of ether oxygens (including phenoxy) is 1. The highest BCUT2D eigenvalue weighted by Gasteiger charge is 2.25. The third-order valence-electron chi connectivity index (χ3n) is 4.53. The average molecular weight is 502 g/mol. The van der Waals surface area contributed by atoms with E-state index in [4.69, 9.17) is 4.74 Å². The minimum Gasteiger partial charge on any atom is -0.371 e. The molecule has 1 unspecified atom stereocenters. The number of hydrogen-bond acceptors (Lipinski definition) is 3. The van der Waals surface area contributed by atoms with Gasteiger partial charge in [-0.15, -0.1) is 24.0 Å². The molecule has 1 fully saturated rings. The number of guanidine groups is 1. The molecule has 0 spiro atoms. The van der Waals surface area contributed by atoms with Crippen molar-refractivity contribution in [3.8, 4) is 0 Å². The molecule has 1 saturated heterocycles. The zero-order valence-electron chi connectivity index (χ0n) is 17.7. The smallest absolute Gasteiger partial charge is 0.222 e. The third-order valence-corrected chi connectivity index (χ3v) is 4.53. The standard InChI is InChI=1S/C21H34N4O2.HI/c1-6-19(26)25-11-10-18(14-25)24-20(22-5)23-13-16-8-7-9-17(12-16)15-27-21(2,3)4;/h7-9,12,18H,6,10-11,13-15H2,1-5H3,(H2,22,23,24);1H. The summed E-state index contributed by atoms with van der Waals surface area (Å²) in [6.07, 6.45) is 1.51. The number of amides is 1. The number of rotatable bonds is 6. The second-order valence-electron chi connectivity index (χ2n) is 7.97. The number of aliphatic imine (C=N–C) groups is 1. The van der Waals surface area contributed by atoms with E-state index in [1.807, 2.05) is 11.8 Å². The molecule has 7 heteroatoms. The predicted molar refractivity (Wildman–Crippen MR) is 125 cm³/mol. The molecule has 0 radical (unpaired) electrons. The van der Waals surface area contributed by atoms with Crippen LogP contribution >= 0.6 is 24.0 Å². The second kappa shape index (κ2) is 11.6. The van der Waals surface area contributed by atoms with Crippen molar-refractivity contribution in [3.63, 3.8) is 0 Å². The molecular formula is C21H35IN4O2. The quantitative estimate of drug-likeness (QED) is 0.356. The Morgan fingerprint density at radius 2 is 2.04 bits per heavy atom. The highest BCUT2D eigenvalue weighted by Crippen LogP contribution is 2.13. The van der Waals surface area contributed by atoms with Crippen LogP contribution in [0.4, 0.5) is 0 Å². The van der Waals surface area contributed by atoms with Crippen LogP contribution in [0.2, 0.25) is 0 Å². The molecular weight excluding hydrogens is 467 g/mol. The summed E-state index contributed by atoms with van der Waals surface area (Å²) < 4.78 is 5.86. The van der Waals surface area contributed by atoms with Crippen LogP contribution in [0.25, 0.3) is 0 Å². The highest BCUT2D eigenvalue weighted by atomic mass is 127. The van der Waals surface area contributed by atoms with Crippen molar-refractivity contribution in [2.45, 2.75) is 65.3 Å². The van der Waals surface area contributed by atoms with Gasteiger partial charge in [0.15, 0.2) is 5.96 Å². The second-order valence-corrected chi connectivity index (χ2v) is 7.97. The maximum Gasteiger partial charge on any atom is 0.222 e. The van der Waals surface area contributed by atoms with Crippen molar-refractivity contribution in [3.05, 3.63) is 35.4 Å². The van der Waals surface area contributed by atoms with Gasteiger partial charge in [-0.2, -0.15) is 0 Å². The number of hydrogen-bond donors (Lipinski definition) is 2. The van der Waals surface area contributed by atoms with Gasteiger partial charge in [0, 0.05) is 39.1 Å². The first-order chi connectivity index (χ1) is 12.8. The summed E-state index contributed by atoms with van der Waals surface area (Å²) in [6.45, 7) is 10.9. The number of carbonyl (C=O) groups excluding carboxylic acids is 1. The van der Waals surface area contributed by atoms with Crippen molar-refractivity contribution in [2.75, 3.05) is 20.1 Å². The fraction of sp³-hybridized carbons (Fsp3) is 0.619. The molecule has 2 N–H and O–H groups in total. The lowest BCUT2D eigenvalue weighted by Gasteiger charge is -2.20. The Morgan fingerprint density at radius 1 is 1.32 bits per heavy atom. The summed E-state index contributed by atoms with van der Waals surface area (Å²) in [5, 5.41) is 6.79. The molecule has 1 amide bonds. The molecule has 1 aliphatic heterocycles. The lowest BCUT2D eigenvalue weighted by Crippen LogP contribution is -2.44. The first-order valence-electron chi connectivity index (χ1n) is 9.77. The van der Waals surface area contributed by atoms with Crippen LogP contribution in [0.3, 0.4) is 0 Å². The molecule has 1 aromatic rings. The number of benzene rings is 1. The van der Waals surface area contributed by atoms with Crippen molar-refractivity contribution in [1.82, 2.24) is 15.5 Å². The number of carbonyl (C=O) groups is 1. The lowest BCUT2D eigenvalue weighted by atomic mass is 10.1. The number of nitrogens with zero attached hydrogens (tertiary/aromatic N) is 2. The normalized spacial score (nSPS) is 17.2. The predicted octanol–water partition coefficient (Wildman–Crippen LogP) is 3.30. The van der Waals surface area contributed by atoms with E-state index in [-0.39, 0.29) is 41.5 Å². The Bertz CT molecular complexity index is 658. The zero-order valence-corrected chi connectivity index (χ0v) is 20.1. The van der Waals surface area contributed by atoms with E-state index < -0.39 is 0 Å². The van der Waals surface area contributed by atoms with Crippen molar-refractivity contribution in [1.29, 1.82) is 0 Å². The molecule has 0 saturated carbocycles. The van der Waals surface area contributed by atoms with Gasteiger partial charge in [-0.1, -0.05) is 31.2 Å². The first kappa shape index (κ1) is 24.7. The van der Waals surface area contributed by atoms with Crippen LogP contribution in [0.15, 0.2) is 29.3 Å². The van der Waals surface area contributed by atoms with Crippen LogP contribution < -0.4 is 10.6 Å². The van der Waals surface area contributed by atoms with Crippen LogP contribution in [-0.2, 0) is 22.7 Å². The van der Waals surface area contributed by atoms with E-state index >= 15 is 0 Å². The lowest BCUT2D eigenvalue weighted by molar-refractivity contribution is -0.129. The van der Waals surface area contributed by atoms with E-state index in [0.717, 1.165) is 31.0 Å². The molecule has 0 aromatic heterocycles. The molecule has 0 aliphatic carbocycles. The Balaban J connectivity index is 0.00000392. The zero-order chi connectivity index (χ0) is 19.9. The highest BCUT2D eigenvalue weighted by molar-refractivity contribution is 14.0. The molecule has 28 heavy (non-hydrogen) atoms. The van der Waals surface area contributed by atoms with Gasteiger partial charge in [0.1, 0.15) is 0 Å². The van der Waals surface area contributed by atoms with Crippen molar-refractivity contribution < 1.29 is 9.53 Å². The summed E-state index contributed by atoms with van der Waals surface area (Å²) in [6, 6.07) is 8.64. The Kier molecular flexibility index (Phi) is 10.2. The summed E-state index contributed by atoms with van der Waals surface area (Å²) in [5.41, 5.74) is 2.20. The van der Waals surface area contributed by atoms with Crippen LogP contribution in [0, 0.1) is 0 Å². The molecule has 1 aliphatic rings. The van der Waals surface area contributed by atoms with Gasteiger partial charge in [-0.3, -0.25) is 9.79 Å². The van der Waals surface area contributed by atoms with Crippen LogP contribution in [0.5, 0.6) is 0 Å². The Hall–Kier alpha value is -1.35. The summed E-state index contributed by atoms with van der Waals surface area (Å²) >= 11 is 0. The van der Waals surface area contributed by atoms with Crippen molar-refractivity contribution >= 4 is 35.8 Å². The minimum absolute atomic E-state index is 0. The van der Waals surface area contributed by atoms with Crippen LogP contribution in [-0.4, -0.2) is 48.5 Å². The summed E-state index contributed by atoms with van der Waals surface area (Å²) in [5.74, 6) is 0.985. The minimum atomic E-state index is -0.144. The van der Waals surface area contributed by atoms with Gasteiger partial charge >= 0.3 is 0 Å². The van der Waals surface area contributed by atoms with E-state index in [1.54, 1.807) is 7.05 Å². The van der Waals surface area contributed by atoms with Crippen LogP contribution in [0.1, 0.15) is 51.7 Å². The SMILES string of the molecule is CCC(=O)N1CCC(NC(=NC)NCc2cccc(COC(C)(C)C)c2)C1.I. The summed E-state index contributed by atoms with van der Waals surface area (Å²) in [4.78, 5) is 18.0. The molecule has 1 atom stereocenters. The molecule has 1 aromatic carbocycles. The van der Waals surface area contributed by atoms with E-state index in [2.05, 4.69) is 60.7 Å². The molecule has 6 nitrogen and oxygen atoms in total. The Morgan fingerprint density at radius 3 is 2.68 bits per heavy atom. The molecule has 1 heterocycles. The molecule has 2 rings (SSSR count). The topological polar surface area (TPSA) is 66.0 Å². The number of nitrogens with one attached hydrogen (secondary N) is 2. The van der Waals surface area contributed by atoms with Gasteiger partial charge in [-0.05, 0) is 38.3 Å². The largest absolute Gasteiger partial charge is 0.371 e. The van der Waals surface area contributed by atoms with E-state index in [1.165, 1.54) is 5.56 Å². The first-order valence-corrected chi connectivity index (χ1v) is 9.77. The average Bonchev–Trinajstić information content (AvgIpc) is 3.11. The van der Waals surface area contributed by atoms with Gasteiger partial charge in [0.05, 0.1) is 12.2 Å². The third kappa shape index (κ3) is 8.34. The fourth-order valence-electron chi connectivity index (χ4n) is 3.03. The van der Waals surface area contributed by atoms with Gasteiger partial charge in [-0.25, -0.2) is 0 Å². The molecule has 0 bridgehead atoms. The number of likely N-dealkylation sites (tertiary alicyclic amines) is 1. The van der Waals surface area contributed by atoms with E-state index in [0.29, 0.717) is 19.6 Å². The van der Waals surface area contributed by atoms with Gasteiger partial charge in [0.25, 0.3) is 0 Å². The fourth-order valence-corrected chi connectivity index (χ4v) is 3.03. The Labute approximate surface area is 186 Å². The van der Waals surface area contributed by atoms with Crippen molar-refractivity contribution in [2.24, 2.45) is 4.99 Å². The summed E-state index contributed by atoms with van der Waals surface area (Å²) in [7, 11) is 1.77. The molecule has 158 valence electrons.